The van der Waals surface area contributed by atoms with Crippen molar-refractivity contribution in [2.75, 3.05) is 6.54 Å². The molecule has 0 aromatic carbocycles. The minimum absolute atomic E-state index is 0.162. The number of ether oxygens (including phenoxy) is 2. The van der Waals surface area contributed by atoms with Gasteiger partial charge in [-0.15, -0.1) is 0 Å². The van der Waals surface area contributed by atoms with Crippen LogP contribution in [0.4, 0.5) is 4.79 Å². The van der Waals surface area contributed by atoms with Gasteiger partial charge in [-0.05, 0) is 65.2 Å². The van der Waals surface area contributed by atoms with E-state index in [1.807, 2.05) is 46.8 Å². The molecule has 3 fully saturated rings. The number of aryl methyl sites for hydroxylation is 1. The van der Waals surface area contributed by atoms with E-state index < -0.39 is 17.8 Å². The van der Waals surface area contributed by atoms with Crippen LogP contribution in [0.5, 0.6) is 0 Å². The molecule has 1 aromatic heterocycles. The van der Waals surface area contributed by atoms with E-state index in [0.29, 0.717) is 13.1 Å². The van der Waals surface area contributed by atoms with Crippen LogP contribution < -0.4 is 10.6 Å². The van der Waals surface area contributed by atoms with Crippen molar-refractivity contribution in [1.29, 1.82) is 0 Å². The molecule has 4 rings (SSSR count). The Kier molecular flexibility index (Phi) is 4.93. The summed E-state index contributed by atoms with van der Waals surface area (Å²) in [5.41, 5.74) is 0.675. The molecule has 7 heteroatoms. The Morgan fingerprint density at radius 3 is 2.67 bits per heavy atom. The molecular weight excluding hydrogens is 346 g/mol. The van der Waals surface area contributed by atoms with Gasteiger partial charge in [-0.25, -0.2) is 4.79 Å². The number of carbonyl (C=O) groups excluding carboxylic acids is 2. The maximum Gasteiger partial charge on any atom is 0.407 e. The first-order chi connectivity index (χ1) is 12.5. The van der Waals surface area contributed by atoms with Crippen LogP contribution in [0.2, 0.25) is 0 Å². The number of alkyl carbamates (subject to hydrolysis) is 1. The van der Waals surface area contributed by atoms with Gasteiger partial charge in [0.25, 0.3) is 0 Å². The average molecular weight is 375 g/mol. The molecule has 1 aliphatic carbocycles. The SMILES string of the molecule is Cc1ccnc(CNC(=O)C2OC3(C)CC2(CNC(=O)OC(C)(C)C)C3)c1. The smallest absolute Gasteiger partial charge is 0.407 e. The maximum atomic E-state index is 12.8. The molecule has 3 aliphatic rings. The summed E-state index contributed by atoms with van der Waals surface area (Å²) in [6.07, 6.45) is 2.17. The number of aromatic nitrogens is 1. The summed E-state index contributed by atoms with van der Waals surface area (Å²) in [4.78, 5) is 29.0. The molecule has 2 N–H and O–H groups in total. The molecule has 0 spiro atoms. The first-order valence-electron chi connectivity index (χ1n) is 9.34. The van der Waals surface area contributed by atoms with E-state index in [-0.39, 0.29) is 16.9 Å². The van der Waals surface area contributed by atoms with E-state index in [1.54, 1.807) is 6.20 Å². The summed E-state index contributed by atoms with van der Waals surface area (Å²) in [5, 5.41) is 5.73. The number of hydrogen-bond donors (Lipinski definition) is 2. The van der Waals surface area contributed by atoms with Crippen LogP contribution in [0.25, 0.3) is 0 Å². The van der Waals surface area contributed by atoms with Crippen molar-refractivity contribution in [3.63, 3.8) is 0 Å². The standard InChI is InChI=1S/C20H29N3O4/c1-13-6-7-21-14(8-13)9-22-16(24)15-20(10-19(5,11-20)26-15)12-23-17(25)27-18(2,3)4/h6-8,15H,9-12H2,1-5H3,(H,22,24)(H,23,25). The lowest BCUT2D eigenvalue weighted by Gasteiger charge is -2.43. The molecule has 2 bridgehead atoms. The average Bonchev–Trinajstić information content (AvgIpc) is 2.98. The fraction of sp³-hybridized carbons (Fsp3) is 0.650. The zero-order chi connectivity index (χ0) is 19.9. The maximum absolute atomic E-state index is 12.8. The molecule has 27 heavy (non-hydrogen) atoms. The third-order valence-electron chi connectivity index (χ3n) is 5.05. The minimum Gasteiger partial charge on any atom is -0.444 e. The van der Waals surface area contributed by atoms with E-state index >= 15 is 0 Å². The largest absolute Gasteiger partial charge is 0.444 e. The van der Waals surface area contributed by atoms with Gasteiger partial charge in [0, 0.05) is 18.2 Å². The Bertz CT molecular complexity index is 735. The molecule has 7 nitrogen and oxygen atoms in total. The summed E-state index contributed by atoms with van der Waals surface area (Å²) < 4.78 is 11.3. The van der Waals surface area contributed by atoms with Crippen molar-refractivity contribution in [2.45, 2.75) is 71.3 Å². The number of hydrogen-bond acceptors (Lipinski definition) is 5. The Hall–Kier alpha value is -2.15. The molecule has 1 unspecified atom stereocenters. The Morgan fingerprint density at radius 1 is 1.33 bits per heavy atom. The summed E-state index contributed by atoms with van der Waals surface area (Å²) in [6, 6.07) is 3.86. The predicted octanol–water partition coefficient (Wildman–Crippen LogP) is 2.47. The second kappa shape index (κ2) is 6.78. The Balaban J connectivity index is 1.59. The summed E-state index contributed by atoms with van der Waals surface area (Å²) in [7, 11) is 0. The third kappa shape index (κ3) is 4.40. The number of nitrogens with one attached hydrogen (secondary N) is 2. The molecule has 2 aliphatic heterocycles. The van der Waals surface area contributed by atoms with Gasteiger partial charge in [-0.1, -0.05) is 0 Å². The molecule has 3 heterocycles. The lowest BCUT2D eigenvalue weighted by molar-refractivity contribution is -0.133. The highest BCUT2D eigenvalue weighted by atomic mass is 16.6. The van der Waals surface area contributed by atoms with Gasteiger partial charge >= 0.3 is 6.09 Å². The summed E-state index contributed by atoms with van der Waals surface area (Å²) >= 11 is 0. The second-order valence-electron chi connectivity index (χ2n) is 9.06. The van der Waals surface area contributed by atoms with E-state index in [1.165, 1.54) is 0 Å². The van der Waals surface area contributed by atoms with Crippen LogP contribution in [-0.4, -0.2) is 40.8 Å². The van der Waals surface area contributed by atoms with Crippen LogP contribution in [0.3, 0.4) is 0 Å². The first-order valence-corrected chi connectivity index (χ1v) is 9.34. The highest BCUT2D eigenvalue weighted by Crippen LogP contribution is 2.61. The lowest BCUT2D eigenvalue weighted by Crippen LogP contribution is -2.53. The highest BCUT2D eigenvalue weighted by Gasteiger charge is 2.67. The van der Waals surface area contributed by atoms with E-state index in [4.69, 9.17) is 9.47 Å². The van der Waals surface area contributed by atoms with E-state index in [9.17, 15) is 9.59 Å². The van der Waals surface area contributed by atoms with E-state index in [2.05, 4.69) is 15.6 Å². The van der Waals surface area contributed by atoms with Crippen molar-refractivity contribution >= 4 is 12.0 Å². The van der Waals surface area contributed by atoms with Crippen molar-refractivity contribution in [1.82, 2.24) is 15.6 Å². The number of fused-ring (bicyclic) bond motifs is 1. The summed E-state index contributed by atoms with van der Waals surface area (Å²) in [6.45, 7) is 10.2. The van der Waals surface area contributed by atoms with Crippen LogP contribution in [0.15, 0.2) is 18.3 Å². The Labute approximate surface area is 160 Å². The van der Waals surface area contributed by atoms with Crippen LogP contribution in [0.1, 0.15) is 51.8 Å². The van der Waals surface area contributed by atoms with Crippen molar-refractivity contribution in [3.05, 3.63) is 29.6 Å². The fourth-order valence-corrected chi connectivity index (χ4v) is 4.19. The second-order valence-corrected chi connectivity index (χ2v) is 9.06. The number of carbonyl (C=O) groups is 2. The zero-order valence-corrected chi connectivity index (χ0v) is 16.7. The molecule has 148 valence electrons. The number of pyridine rings is 1. The van der Waals surface area contributed by atoms with Gasteiger partial charge in [0.2, 0.25) is 5.91 Å². The molecular formula is C20H29N3O4. The zero-order valence-electron chi connectivity index (χ0n) is 16.7. The highest BCUT2D eigenvalue weighted by molar-refractivity contribution is 5.83. The van der Waals surface area contributed by atoms with Gasteiger partial charge in [0.05, 0.1) is 17.8 Å². The topological polar surface area (TPSA) is 89.5 Å². The monoisotopic (exact) mass is 375 g/mol. The van der Waals surface area contributed by atoms with Gasteiger partial charge in [0.1, 0.15) is 11.7 Å². The molecule has 1 aromatic rings. The van der Waals surface area contributed by atoms with Crippen molar-refractivity contribution < 1.29 is 19.1 Å². The van der Waals surface area contributed by atoms with Gasteiger partial charge < -0.3 is 20.1 Å². The van der Waals surface area contributed by atoms with E-state index in [0.717, 1.165) is 24.1 Å². The predicted molar refractivity (Wildman–Crippen MR) is 100 cm³/mol. The first kappa shape index (κ1) is 19.6. The van der Waals surface area contributed by atoms with Gasteiger partial charge in [-0.3, -0.25) is 9.78 Å². The quantitative estimate of drug-likeness (QED) is 0.825. The van der Waals surface area contributed by atoms with Gasteiger partial charge in [0.15, 0.2) is 0 Å². The molecule has 0 radical (unpaired) electrons. The minimum atomic E-state index is -0.581. The summed E-state index contributed by atoms with van der Waals surface area (Å²) in [5.74, 6) is -0.162. The number of rotatable bonds is 5. The van der Waals surface area contributed by atoms with Crippen molar-refractivity contribution in [3.8, 4) is 0 Å². The van der Waals surface area contributed by atoms with Crippen LogP contribution >= 0.6 is 0 Å². The van der Waals surface area contributed by atoms with Crippen molar-refractivity contribution in [2.24, 2.45) is 5.41 Å². The fourth-order valence-electron chi connectivity index (χ4n) is 4.19. The lowest BCUT2D eigenvalue weighted by atomic mass is 9.60. The van der Waals surface area contributed by atoms with Crippen LogP contribution in [-0.2, 0) is 20.8 Å². The molecule has 2 amide bonds. The number of amides is 2. The number of nitrogens with zero attached hydrogens (tertiary/aromatic N) is 1. The molecule has 1 atom stereocenters. The third-order valence-corrected chi connectivity index (χ3v) is 5.05. The normalized spacial score (nSPS) is 29.0. The molecule has 2 saturated heterocycles. The van der Waals surface area contributed by atoms with Gasteiger partial charge in [-0.2, -0.15) is 0 Å². The Morgan fingerprint density at radius 2 is 2.04 bits per heavy atom. The van der Waals surface area contributed by atoms with Crippen LogP contribution in [0, 0.1) is 12.3 Å². The molecule has 1 saturated carbocycles.